The number of hydrogen-bond acceptors (Lipinski definition) is 4. The average molecular weight is 385 g/mol. The van der Waals surface area contributed by atoms with Crippen molar-refractivity contribution in [2.45, 2.75) is 10.9 Å². The van der Waals surface area contributed by atoms with Crippen molar-refractivity contribution in [2.24, 2.45) is 0 Å². The van der Waals surface area contributed by atoms with Gasteiger partial charge < -0.3 is 0 Å². The van der Waals surface area contributed by atoms with Crippen molar-refractivity contribution in [1.29, 1.82) is 0 Å². The van der Waals surface area contributed by atoms with Crippen molar-refractivity contribution in [1.82, 2.24) is 14.8 Å². The van der Waals surface area contributed by atoms with Crippen LogP contribution in [0, 0.1) is 11.6 Å². The van der Waals surface area contributed by atoms with Gasteiger partial charge in [0, 0.05) is 17.5 Å². The second-order valence-electron chi connectivity index (χ2n) is 5.48. The average Bonchev–Trinajstić information content (AvgIpc) is 3.31. The monoisotopic (exact) mass is 385 g/mol. The van der Waals surface area contributed by atoms with E-state index in [2.05, 4.69) is 10.2 Å². The Morgan fingerprint density at radius 3 is 2.54 bits per heavy atom. The molecule has 2 aromatic carbocycles. The van der Waals surface area contributed by atoms with Gasteiger partial charge >= 0.3 is 0 Å². The quantitative estimate of drug-likeness (QED) is 0.421. The minimum atomic E-state index is -0.580. The molecular formula is C19H13F2N3S2. The van der Waals surface area contributed by atoms with Gasteiger partial charge in [-0.2, -0.15) is 0 Å². The highest BCUT2D eigenvalue weighted by atomic mass is 32.2. The first-order chi connectivity index (χ1) is 12.7. The number of thioether (sulfide) groups is 1. The first-order valence-corrected chi connectivity index (χ1v) is 9.70. The Hall–Kier alpha value is -2.51. The summed E-state index contributed by atoms with van der Waals surface area (Å²) in [5.74, 6) is -0.0552. The van der Waals surface area contributed by atoms with Crippen LogP contribution in [0.1, 0.15) is 5.56 Å². The van der Waals surface area contributed by atoms with Crippen LogP contribution in [0.2, 0.25) is 0 Å². The van der Waals surface area contributed by atoms with Gasteiger partial charge in [0.05, 0.1) is 4.88 Å². The molecule has 4 rings (SSSR count). The summed E-state index contributed by atoms with van der Waals surface area (Å²) in [5.41, 5.74) is 1.36. The number of aromatic nitrogens is 3. The van der Waals surface area contributed by atoms with Crippen molar-refractivity contribution in [2.75, 3.05) is 0 Å². The Bertz CT molecular complexity index is 1010. The molecule has 0 saturated heterocycles. The lowest BCUT2D eigenvalue weighted by Gasteiger charge is -2.09. The molecule has 0 amide bonds. The third-order valence-corrected chi connectivity index (χ3v) is 5.60. The molecule has 0 fully saturated rings. The second kappa shape index (κ2) is 7.39. The fourth-order valence-electron chi connectivity index (χ4n) is 2.52. The van der Waals surface area contributed by atoms with Crippen LogP contribution in [-0.4, -0.2) is 14.8 Å². The predicted octanol–water partition coefficient (Wildman–Crippen LogP) is 5.57. The van der Waals surface area contributed by atoms with Gasteiger partial charge in [0.2, 0.25) is 0 Å². The number of para-hydroxylation sites is 1. The lowest BCUT2D eigenvalue weighted by molar-refractivity contribution is 0.576. The molecule has 0 aliphatic heterocycles. The van der Waals surface area contributed by atoms with Crippen LogP contribution in [0.5, 0.6) is 0 Å². The lowest BCUT2D eigenvalue weighted by atomic mass is 10.2. The number of benzene rings is 2. The Morgan fingerprint density at radius 2 is 1.81 bits per heavy atom. The maximum atomic E-state index is 13.9. The first kappa shape index (κ1) is 16.9. The molecule has 130 valence electrons. The van der Waals surface area contributed by atoms with Crippen molar-refractivity contribution in [3.05, 3.63) is 83.2 Å². The van der Waals surface area contributed by atoms with Crippen LogP contribution in [0.25, 0.3) is 16.4 Å². The van der Waals surface area contributed by atoms with E-state index in [0.29, 0.717) is 16.5 Å². The minimum Gasteiger partial charge on any atom is -0.269 e. The van der Waals surface area contributed by atoms with Crippen molar-refractivity contribution < 1.29 is 8.78 Å². The van der Waals surface area contributed by atoms with Crippen LogP contribution < -0.4 is 0 Å². The molecule has 0 spiro atoms. The van der Waals surface area contributed by atoms with Gasteiger partial charge in [-0.05, 0) is 35.2 Å². The van der Waals surface area contributed by atoms with E-state index >= 15 is 0 Å². The molecule has 2 aromatic heterocycles. The minimum absolute atomic E-state index is 0.335. The molecule has 0 aliphatic rings. The van der Waals surface area contributed by atoms with Crippen molar-refractivity contribution in [3.8, 4) is 16.4 Å². The van der Waals surface area contributed by atoms with Crippen molar-refractivity contribution >= 4 is 23.1 Å². The molecule has 0 N–H and O–H groups in total. The normalized spacial score (nSPS) is 11.0. The highest BCUT2D eigenvalue weighted by molar-refractivity contribution is 7.98. The summed E-state index contributed by atoms with van der Waals surface area (Å²) in [6.07, 6.45) is 0. The summed E-state index contributed by atoms with van der Waals surface area (Å²) in [7, 11) is 0. The summed E-state index contributed by atoms with van der Waals surface area (Å²) in [6, 6.07) is 17.4. The highest BCUT2D eigenvalue weighted by Crippen LogP contribution is 2.32. The number of rotatable bonds is 5. The van der Waals surface area contributed by atoms with Crippen LogP contribution in [0.3, 0.4) is 0 Å². The number of hydrogen-bond donors (Lipinski definition) is 0. The van der Waals surface area contributed by atoms with E-state index in [1.54, 1.807) is 11.3 Å². The smallest absolute Gasteiger partial charge is 0.196 e. The third-order valence-electron chi connectivity index (χ3n) is 3.76. The Balaban J connectivity index is 1.70. The Labute approximate surface area is 157 Å². The van der Waals surface area contributed by atoms with Crippen LogP contribution in [0.4, 0.5) is 8.78 Å². The topological polar surface area (TPSA) is 30.7 Å². The standard InChI is InChI=1S/C19H13F2N3S2/c20-14-9-8-13(16(21)11-14)12-26-19-23-22-18(17-7-4-10-25-17)24(19)15-5-2-1-3-6-15/h1-11H,12H2. The molecule has 7 heteroatoms. The second-order valence-corrected chi connectivity index (χ2v) is 7.37. The SMILES string of the molecule is Fc1ccc(CSc2nnc(-c3cccs3)n2-c2ccccc2)c(F)c1. The molecule has 0 saturated carbocycles. The van der Waals surface area contributed by atoms with E-state index in [1.807, 2.05) is 52.4 Å². The van der Waals surface area contributed by atoms with E-state index in [1.165, 1.54) is 23.9 Å². The molecule has 2 heterocycles. The summed E-state index contributed by atoms with van der Waals surface area (Å²) < 4.78 is 29.0. The maximum Gasteiger partial charge on any atom is 0.196 e. The summed E-state index contributed by atoms with van der Waals surface area (Å²) in [6.45, 7) is 0. The zero-order valence-corrected chi connectivity index (χ0v) is 15.1. The molecular weight excluding hydrogens is 372 g/mol. The summed E-state index contributed by atoms with van der Waals surface area (Å²) in [5, 5.41) is 11.3. The molecule has 4 aromatic rings. The predicted molar refractivity (Wildman–Crippen MR) is 101 cm³/mol. The van der Waals surface area contributed by atoms with E-state index < -0.39 is 11.6 Å². The van der Waals surface area contributed by atoms with Crippen LogP contribution >= 0.6 is 23.1 Å². The number of halogens is 2. The van der Waals surface area contributed by atoms with E-state index in [4.69, 9.17) is 0 Å². The zero-order valence-electron chi connectivity index (χ0n) is 13.5. The number of thiophene rings is 1. The van der Waals surface area contributed by atoms with Gasteiger partial charge in [-0.3, -0.25) is 4.57 Å². The van der Waals surface area contributed by atoms with E-state index in [0.717, 1.165) is 22.5 Å². The molecule has 3 nitrogen and oxygen atoms in total. The Kier molecular flexibility index (Phi) is 4.81. The molecule has 0 atom stereocenters. The van der Waals surface area contributed by atoms with Gasteiger partial charge in [0.1, 0.15) is 11.6 Å². The Morgan fingerprint density at radius 1 is 0.962 bits per heavy atom. The lowest BCUT2D eigenvalue weighted by Crippen LogP contribution is -1.99. The van der Waals surface area contributed by atoms with Crippen LogP contribution in [0.15, 0.2) is 71.2 Å². The molecule has 26 heavy (non-hydrogen) atoms. The van der Waals surface area contributed by atoms with Crippen LogP contribution in [-0.2, 0) is 5.75 Å². The third kappa shape index (κ3) is 3.40. The summed E-state index contributed by atoms with van der Waals surface area (Å²) in [4.78, 5) is 1.00. The molecule has 0 bridgehead atoms. The fourth-order valence-corrected chi connectivity index (χ4v) is 4.16. The molecule has 0 aliphatic carbocycles. The highest BCUT2D eigenvalue weighted by Gasteiger charge is 2.17. The van der Waals surface area contributed by atoms with Gasteiger partial charge in [0.15, 0.2) is 11.0 Å². The van der Waals surface area contributed by atoms with Gasteiger partial charge in [-0.25, -0.2) is 8.78 Å². The van der Waals surface area contributed by atoms with Crippen molar-refractivity contribution in [3.63, 3.8) is 0 Å². The van der Waals surface area contributed by atoms with E-state index in [-0.39, 0.29) is 0 Å². The first-order valence-electron chi connectivity index (χ1n) is 7.84. The molecule has 0 radical (unpaired) electrons. The van der Waals surface area contributed by atoms with Gasteiger partial charge in [-0.15, -0.1) is 21.5 Å². The fraction of sp³-hybridized carbons (Fsp3) is 0.0526. The largest absolute Gasteiger partial charge is 0.269 e. The molecule has 0 unspecified atom stereocenters. The van der Waals surface area contributed by atoms with Gasteiger partial charge in [0.25, 0.3) is 0 Å². The maximum absolute atomic E-state index is 13.9. The number of nitrogens with zero attached hydrogens (tertiary/aromatic N) is 3. The van der Waals surface area contributed by atoms with E-state index in [9.17, 15) is 8.78 Å². The van der Waals surface area contributed by atoms with Gasteiger partial charge in [-0.1, -0.05) is 42.1 Å². The summed E-state index contributed by atoms with van der Waals surface area (Å²) >= 11 is 2.95. The zero-order chi connectivity index (χ0) is 17.9.